The zero-order valence-electron chi connectivity index (χ0n) is 17.2. The standard InChI is InChI=1S/C21H24N2O7S/c1-15(20(24)23-11-13-29-14-12-23)30-21(25)16-3-9-19(10-4-16)31(26,27)22-17-5-7-18(28-2)8-6-17/h3-10,15,22H,11-14H2,1-2H3/t15-/m0/s1. The maximum Gasteiger partial charge on any atom is 0.338 e. The molecule has 2 aromatic rings. The average Bonchev–Trinajstić information content (AvgIpc) is 2.79. The van der Waals surface area contributed by atoms with Crippen LogP contribution in [-0.4, -0.2) is 64.7 Å². The van der Waals surface area contributed by atoms with Crippen molar-refractivity contribution in [3.8, 4) is 5.75 Å². The molecule has 0 saturated carbocycles. The summed E-state index contributed by atoms with van der Waals surface area (Å²) in [4.78, 5) is 26.3. The summed E-state index contributed by atoms with van der Waals surface area (Å²) in [5.74, 6) is -0.396. The molecule has 0 spiro atoms. The van der Waals surface area contributed by atoms with Crippen LogP contribution >= 0.6 is 0 Å². The SMILES string of the molecule is COc1ccc(NS(=O)(=O)c2ccc(C(=O)O[C@@H](C)C(=O)N3CCOCC3)cc2)cc1. The third kappa shape index (κ3) is 5.74. The Morgan fingerprint density at radius 3 is 2.23 bits per heavy atom. The molecule has 0 unspecified atom stereocenters. The van der Waals surface area contributed by atoms with Crippen LogP contribution in [0.25, 0.3) is 0 Å². The second-order valence-corrected chi connectivity index (χ2v) is 8.53. The molecule has 0 aromatic heterocycles. The Hall–Kier alpha value is -3.11. The van der Waals surface area contributed by atoms with Crippen LogP contribution < -0.4 is 9.46 Å². The summed E-state index contributed by atoms with van der Waals surface area (Å²) in [5.41, 5.74) is 0.518. The molecular formula is C21H24N2O7S. The highest BCUT2D eigenvalue weighted by Crippen LogP contribution is 2.20. The summed E-state index contributed by atoms with van der Waals surface area (Å²) in [6, 6.07) is 11.7. The first-order chi connectivity index (χ1) is 14.8. The minimum Gasteiger partial charge on any atom is -0.497 e. The van der Waals surface area contributed by atoms with Crippen molar-refractivity contribution in [1.82, 2.24) is 4.90 Å². The molecule has 1 fully saturated rings. The van der Waals surface area contributed by atoms with Gasteiger partial charge in [0.15, 0.2) is 6.10 Å². The van der Waals surface area contributed by atoms with Gasteiger partial charge in [0, 0.05) is 18.8 Å². The quantitative estimate of drug-likeness (QED) is 0.644. The highest BCUT2D eigenvalue weighted by Gasteiger charge is 2.26. The van der Waals surface area contributed by atoms with E-state index in [0.29, 0.717) is 37.7 Å². The first-order valence-corrected chi connectivity index (χ1v) is 11.1. The van der Waals surface area contributed by atoms with Crippen molar-refractivity contribution >= 4 is 27.6 Å². The van der Waals surface area contributed by atoms with E-state index in [0.717, 1.165) is 0 Å². The van der Waals surface area contributed by atoms with Gasteiger partial charge in [0.1, 0.15) is 5.75 Å². The maximum absolute atomic E-state index is 12.6. The Morgan fingerprint density at radius 2 is 1.65 bits per heavy atom. The van der Waals surface area contributed by atoms with E-state index in [1.54, 1.807) is 29.2 Å². The molecule has 0 aliphatic carbocycles. The first-order valence-electron chi connectivity index (χ1n) is 9.64. The molecule has 1 saturated heterocycles. The van der Waals surface area contributed by atoms with E-state index in [4.69, 9.17) is 14.2 Å². The summed E-state index contributed by atoms with van der Waals surface area (Å²) < 4.78 is 43.1. The molecule has 1 aliphatic rings. The zero-order valence-corrected chi connectivity index (χ0v) is 18.1. The Morgan fingerprint density at radius 1 is 1.03 bits per heavy atom. The second-order valence-electron chi connectivity index (χ2n) is 6.84. The number of ether oxygens (including phenoxy) is 3. The zero-order chi connectivity index (χ0) is 22.4. The lowest BCUT2D eigenvalue weighted by molar-refractivity contribution is -0.143. The van der Waals surface area contributed by atoms with Gasteiger partial charge < -0.3 is 19.1 Å². The number of sulfonamides is 1. The summed E-state index contributed by atoms with van der Waals surface area (Å²) in [5, 5.41) is 0. The van der Waals surface area contributed by atoms with Gasteiger partial charge in [-0.1, -0.05) is 0 Å². The number of esters is 1. The van der Waals surface area contributed by atoms with Crippen LogP contribution in [0.3, 0.4) is 0 Å². The Kier molecular flexibility index (Phi) is 7.13. The van der Waals surface area contributed by atoms with Crippen molar-refractivity contribution in [3.63, 3.8) is 0 Å². The Bertz CT molecular complexity index is 1010. The number of rotatable bonds is 7. The number of hydrogen-bond donors (Lipinski definition) is 1. The molecule has 1 heterocycles. The number of amides is 1. The average molecular weight is 448 g/mol. The lowest BCUT2D eigenvalue weighted by atomic mass is 10.2. The number of benzene rings is 2. The van der Waals surface area contributed by atoms with Crippen LogP contribution in [0.15, 0.2) is 53.4 Å². The highest BCUT2D eigenvalue weighted by atomic mass is 32.2. The van der Waals surface area contributed by atoms with Gasteiger partial charge >= 0.3 is 5.97 Å². The largest absolute Gasteiger partial charge is 0.497 e. The Labute approximate surface area is 181 Å². The lowest BCUT2D eigenvalue weighted by Gasteiger charge is -2.28. The molecule has 3 rings (SSSR count). The van der Waals surface area contributed by atoms with E-state index in [9.17, 15) is 18.0 Å². The van der Waals surface area contributed by atoms with Crippen molar-refractivity contribution in [2.24, 2.45) is 0 Å². The van der Waals surface area contributed by atoms with E-state index >= 15 is 0 Å². The van der Waals surface area contributed by atoms with Crippen LogP contribution in [0.4, 0.5) is 5.69 Å². The van der Waals surface area contributed by atoms with Crippen LogP contribution in [0.5, 0.6) is 5.75 Å². The predicted molar refractivity (Wildman–Crippen MR) is 113 cm³/mol. The predicted octanol–water partition coefficient (Wildman–Crippen LogP) is 1.90. The summed E-state index contributed by atoms with van der Waals surface area (Å²) >= 11 is 0. The molecule has 10 heteroatoms. The van der Waals surface area contributed by atoms with E-state index in [2.05, 4.69) is 4.72 Å². The van der Waals surface area contributed by atoms with Crippen molar-refractivity contribution < 1.29 is 32.2 Å². The van der Waals surface area contributed by atoms with Gasteiger partial charge in [0.25, 0.3) is 15.9 Å². The topological polar surface area (TPSA) is 111 Å². The van der Waals surface area contributed by atoms with E-state index in [1.807, 2.05) is 0 Å². The molecule has 0 bridgehead atoms. The molecule has 0 radical (unpaired) electrons. The number of hydrogen-bond acceptors (Lipinski definition) is 7. The van der Waals surface area contributed by atoms with E-state index in [1.165, 1.54) is 38.3 Å². The fourth-order valence-corrected chi connectivity index (χ4v) is 4.02. The number of nitrogens with one attached hydrogen (secondary N) is 1. The van der Waals surface area contributed by atoms with Gasteiger partial charge in [-0.15, -0.1) is 0 Å². The number of morpholine rings is 1. The van der Waals surface area contributed by atoms with Crippen LogP contribution in [-0.2, 0) is 24.3 Å². The molecule has 1 aliphatic heterocycles. The van der Waals surface area contributed by atoms with E-state index in [-0.39, 0.29) is 16.4 Å². The number of methoxy groups -OCH3 is 1. The fourth-order valence-electron chi connectivity index (χ4n) is 2.96. The van der Waals surface area contributed by atoms with Crippen molar-refractivity contribution in [1.29, 1.82) is 0 Å². The number of anilines is 1. The molecule has 1 amide bonds. The van der Waals surface area contributed by atoms with Gasteiger partial charge in [0.2, 0.25) is 0 Å². The normalized spacial score (nSPS) is 15.1. The van der Waals surface area contributed by atoms with Gasteiger partial charge in [0.05, 0.1) is 30.8 Å². The van der Waals surface area contributed by atoms with Crippen LogP contribution in [0.1, 0.15) is 17.3 Å². The molecule has 1 N–H and O–H groups in total. The minimum atomic E-state index is -3.84. The number of nitrogens with zero attached hydrogens (tertiary/aromatic N) is 1. The third-order valence-electron chi connectivity index (χ3n) is 4.70. The number of carbonyl (C=O) groups excluding carboxylic acids is 2. The van der Waals surface area contributed by atoms with Crippen LogP contribution in [0, 0.1) is 0 Å². The summed E-state index contributed by atoms with van der Waals surface area (Å²) in [6.45, 7) is 3.32. The smallest absolute Gasteiger partial charge is 0.338 e. The van der Waals surface area contributed by atoms with Crippen molar-refractivity contribution in [2.45, 2.75) is 17.9 Å². The highest BCUT2D eigenvalue weighted by molar-refractivity contribution is 7.92. The minimum absolute atomic E-state index is 0.0164. The maximum atomic E-state index is 12.6. The van der Waals surface area contributed by atoms with Crippen LogP contribution in [0.2, 0.25) is 0 Å². The molecule has 1 atom stereocenters. The van der Waals surface area contributed by atoms with E-state index < -0.39 is 22.1 Å². The summed E-state index contributed by atoms with van der Waals surface area (Å²) in [7, 11) is -2.32. The molecule has 31 heavy (non-hydrogen) atoms. The van der Waals surface area contributed by atoms with Gasteiger partial charge in [-0.25, -0.2) is 13.2 Å². The van der Waals surface area contributed by atoms with Gasteiger partial charge in [-0.3, -0.25) is 9.52 Å². The molecule has 2 aromatic carbocycles. The number of carbonyl (C=O) groups is 2. The monoisotopic (exact) mass is 448 g/mol. The van der Waals surface area contributed by atoms with Crippen molar-refractivity contribution in [2.75, 3.05) is 38.1 Å². The second kappa shape index (κ2) is 9.80. The third-order valence-corrected chi connectivity index (χ3v) is 6.09. The first kappa shape index (κ1) is 22.6. The van der Waals surface area contributed by atoms with Crippen molar-refractivity contribution in [3.05, 3.63) is 54.1 Å². The molecular weight excluding hydrogens is 424 g/mol. The lowest BCUT2D eigenvalue weighted by Crippen LogP contribution is -2.46. The summed E-state index contributed by atoms with van der Waals surface area (Å²) in [6.07, 6.45) is -0.953. The fraction of sp³-hybridized carbons (Fsp3) is 0.333. The molecule has 166 valence electrons. The van der Waals surface area contributed by atoms with Gasteiger partial charge in [-0.05, 0) is 55.5 Å². The van der Waals surface area contributed by atoms with Gasteiger partial charge in [-0.2, -0.15) is 0 Å². The Balaban J connectivity index is 1.62. The molecule has 9 nitrogen and oxygen atoms in total.